The highest BCUT2D eigenvalue weighted by Crippen LogP contribution is 2.20. The number of likely N-dealkylation sites (tertiary alicyclic amines) is 2. The van der Waals surface area contributed by atoms with Crippen molar-refractivity contribution in [3.63, 3.8) is 0 Å². The lowest BCUT2D eigenvalue weighted by atomic mass is 10.0. The molecule has 88 valence electrons. The zero-order chi connectivity index (χ0) is 10.7. The Labute approximate surface area is 93.6 Å². The van der Waals surface area contributed by atoms with E-state index in [-0.39, 0.29) is 0 Å². The molecule has 0 amide bonds. The van der Waals surface area contributed by atoms with Crippen molar-refractivity contribution in [2.45, 2.75) is 44.7 Å². The Kier molecular flexibility index (Phi) is 4.00. The van der Waals surface area contributed by atoms with Gasteiger partial charge in [0.15, 0.2) is 0 Å². The summed E-state index contributed by atoms with van der Waals surface area (Å²) in [6.45, 7) is 8.38. The van der Waals surface area contributed by atoms with Crippen LogP contribution in [0.4, 0.5) is 0 Å². The minimum atomic E-state index is 0.327. The summed E-state index contributed by atoms with van der Waals surface area (Å²) in [7, 11) is 0. The van der Waals surface area contributed by atoms with Gasteiger partial charge in [-0.25, -0.2) is 0 Å². The molecule has 2 aliphatic rings. The zero-order valence-corrected chi connectivity index (χ0v) is 9.99. The minimum absolute atomic E-state index is 0.327. The molecule has 2 heterocycles. The van der Waals surface area contributed by atoms with Crippen molar-refractivity contribution in [1.29, 1.82) is 0 Å². The van der Waals surface area contributed by atoms with E-state index in [9.17, 15) is 0 Å². The van der Waals surface area contributed by atoms with Crippen LogP contribution in [-0.4, -0.2) is 54.6 Å². The highest BCUT2D eigenvalue weighted by molar-refractivity contribution is 4.82. The Bertz CT molecular complexity index is 179. The first kappa shape index (κ1) is 11.4. The fourth-order valence-corrected chi connectivity index (χ4v) is 2.98. The van der Waals surface area contributed by atoms with Crippen molar-refractivity contribution in [3.8, 4) is 0 Å². The quantitative estimate of drug-likeness (QED) is 0.752. The molecule has 3 nitrogen and oxygen atoms in total. The van der Waals surface area contributed by atoms with Gasteiger partial charge in [-0.05, 0) is 58.8 Å². The van der Waals surface area contributed by atoms with Crippen LogP contribution in [0.3, 0.4) is 0 Å². The molecule has 2 N–H and O–H groups in total. The molecule has 0 saturated carbocycles. The molecular formula is C12H25N3. The maximum absolute atomic E-state index is 5.83. The molecule has 0 aromatic carbocycles. The number of nitrogens with zero attached hydrogens (tertiary/aromatic N) is 2. The van der Waals surface area contributed by atoms with Crippen LogP contribution in [-0.2, 0) is 0 Å². The van der Waals surface area contributed by atoms with E-state index in [2.05, 4.69) is 16.7 Å². The lowest BCUT2D eigenvalue weighted by Crippen LogP contribution is -2.46. The Hall–Kier alpha value is -0.120. The highest BCUT2D eigenvalue weighted by Gasteiger charge is 2.26. The molecule has 2 saturated heterocycles. The summed E-state index contributed by atoms with van der Waals surface area (Å²) >= 11 is 0. The number of nitrogens with two attached hydrogens (primary N) is 1. The molecule has 3 heteroatoms. The second-order valence-electron chi connectivity index (χ2n) is 5.25. The molecule has 0 aromatic rings. The summed E-state index contributed by atoms with van der Waals surface area (Å²) in [6.07, 6.45) is 5.54. The smallest absolute Gasteiger partial charge is 0.0139 e. The first-order valence-corrected chi connectivity index (χ1v) is 6.47. The van der Waals surface area contributed by atoms with E-state index in [1.165, 1.54) is 51.9 Å². The second kappa shape index (κ2) is 5.28. The molecule has 1 unspecified atom stereocenters. The SMILES string of the molecule is CC(N)CN1CCC(N2CCCC2)CC1. The number of rotatable bonds is 3. The van der Waals surface area contributed by atoms with E-state index in [1.54, 1.807) is 0 Å². The highest BCUT2D eigenvalue weighted by atomic mass is 15.2. The van der Waals surface area contributed by atoms with E-state index in [4.69, 9.17) is 5.73 Å². The Morgan fingerprint density at radius 1 is 1.13 bits per heavy atom. The third kappa shape index (κ3) is 3.16. The van der Waals surface area contributed by atoms with Crippen LogP contribution in [0.25, 0.3) is 0 Å². The first-order chi connectivity index (χ1) is 7.25. The van der Waals surface area contributed by atoms with Crippen LogP contribution in [0.2, 0.25) is 0 Å². The van der Waals surface area contributed by atoms with Crippen LogP contribution in [0.1, 0.15) is 32.6 Å². The van der Waals surface area contributed by atoms with Crippen molar-refractivity contribution >= 4 is 0 Å². The van der Waals surface area contributed by atoms with Crippen molar-refractivity contribution < 1.29 is 0 Å². The number of hydrogen-bond donors (Lipinski definition) is 1. The molecule has 0 bridgehead atoms. The molecule has 2 aliphatic heterocycles. The van der Waals surface area contributed by atoms with Gasteiger partial charge < -0.3 is 15.5 Å². The topological polar surface area (TPSA) is 32.5 Å². The Morgan fingerprint density at radius 3 is 2.27 bits per heavy atom. The monoisotopic (exact) mass is 211 g/mol. The predicted octanol–water partition coefficient (Wildman–Crippen LogP) is 0.894. The van der Waals surface area contributed by atoms with Gasteiger partial charge in [-0.1, -0.05) is 0 Å². The van der Waals surface area contributed by atoms with Crippen LogP contribution in [0.15, 0.2) is 0 Å². The molecule has 1 atom stereocenters. The van der Waals surface area contributed by atoms with E-state index >= 15 is 0 Å². The van der Waals surface area contributed by atoms with Crippen LogP contribution >= 0.6 is 0 Å². The maximum Gasteiger partial charge on any atom is 0.0139 e. The van der Waals surface area contributed by atoms with E-state index < -0.39 is 0 Å². The Balaban J connectivity index is 1.71. The van der Waals surface area contributed by atoms with Gasteiger partial charge in [0.1, 0.15) is 0 Å². The number of piperidine rings is 1. The van der Waals surface area contributed by atoms with Crippen molar-refractivity contribution in [3.05, 3.63) is 0 Å². The van der Waals surface area contributed by atoms with Crippen molar-refractivity contribution in [2.75, 3.05) is 32.7 Å². The normalized spacial score (nSPS) is 28.4. The Morgan fingerprint density at radius 2 is 1.73 bits per heavy atom. The second-order valence-corrected chi connectivity index (χ2v) is 5.25. The summed E-state index contributed by atoms with van der Waals surface area (Å²) in [4.78, 5) is 5.22. The fraction of sp³-hybridized carbons (Fsp3) is 1.00. The summed E-state index contributed by atoms with van der Waals surface area (Å²) in [5, 5.41) is 0. The molecule has 15 heavy (non-hydrogen) atoms. The van der Waals surface area contributed by atoms with Gasteiger partial charge in [-0.15, -0.1) is 0 Å². The van der Waals surface area contributed by atoms with Crippen LogP contribution < -0.4 is 5.73 Å². The minimum Gasteiger partial charge on any atom is -0.327 e. The zero-order valence-electron chi connectivity index (χ0n) is 9.99. The third-order valence-corrected chi connectivity index (χ3v) is 3.76. The van der Waals surface area contributed by atoms with Crippen LogP contribution in [0.5, 0.6) is 0 Å². The van der Waals surface area contributed by atoms with E-state index in [0.29, 0.717) is 6.04 Å². The molecule has 0 aliphatic carbocycles. The molecule has 0 spiro atoms. The molecular weight excluding hydrogens is 186 g/mol. The summed E-state index contributed by atoms with van der Waals surface area (Å²) in [5.74, 6) is 0. The van der Waals surface area contributed by atoms with Gasteiger partial charge >= 0.3 is 0 Å². The van der Waals surface area contributed by atoms with E-state index in [1.807, 2.05) is 0 Å². The average Bonchev–Trinajstić information content (AvgIpc) is 2.71. The standard InChI is InChI=1S/C12H25N3/c1-11(13)10-14-8-4-12(5-9-14)15-6-2-3-7-15/h11-12H,2-10,13H2,1H3. The summed E-state index contributed by atoms with van der Waals surface area (Å²) in [5.41, 5.74) is 5.83. The summed E-state index contributed by atoms with van der Waals surface area (Å²) in [6, 6.07) is 1.20. The number of hydrogen-bond acceptors (Lipinski definition) is 3. The van der Waals surface area contributed by atoms with Gasteiger partial charge in [0.2, 0.25) is 0 Å². The lowest BCUT2D eigenvalue weighted by molar-refractivity contribution is 0.124. The van der Waals surface area contributed by atoms with Gasteiger partial charge in [0, 0.05) is 18.6 Å². The predicted molar refractivity (Wildman–Crippen MR) is 63.9 cm³/mol. The fourth-order valence-electron chi connectivity index (χ4n) is 2.98. The maximum atomic E-state index is 5.83. The van der Waals surface area contributed by atoms with Gasteiger partial charge in [-0.3, -0.25) is 0 Å². The van der Waals surface area contributed by atoms with Crippen LogP contribution in [0, 0.1) is 0 Å². The lowest BCUT2D eigenvalue weighted by Gasteiger charge is -2.37. The molecule has 0 radical (unpaired) electrons. The summed E-state index contributed by atoms with van der Waals surface area (Å²) < 4.78 is 0. The van der Waals surface area contributed by atoms with Crippen molar-refractivity contribution in [2.24, 2.45) is 5.73 Å². The average molecular weight is 211 g/mol. The molecule has 2 rings (SSSR count). The molecule has 0 aromatic heterocycles. The third-order valence-electron chi connectivity index (χ3n) is 3.76. The first-order valence-electron chi connectivity index (χ1n) is 6.47. The van der Waals surface area contributed by atoms with Gasteiger partial charge in [-0.2, -0.15) is 0 Å². The van der Waals surface area contributed by atoms with E-state index in [0.717, 1.165) is 12.6 Å². The van der Waals surface area contributed by atoms with Crippen molar-refractivity contribution in [1.82, 2.24) is 9.80 Å². The van der Waals surface area contributed by atoms with Gasteiger partial charge in [0.05, 0.1) is 0 Å². The van der Waals surface area contributed by atoms with Gasteiger partial charge in [0.25, 0.3) is 0 Å². The molecule has 2 fully saturated rings. The largest absolute Gasteiger partial charge is 0.327 e.